The normalized spacial score (nSPS) is 19.1. The molecule has 2 amide bonds. The number of carbonyl (C=O) groups excluding carboxylic acids is 2. The number of piperidine rings is 1. The van der Waals surface area contributed by atoms with Crippen LogP contribution in [0.4, 0.5) is 0 Å². The average Bonchev–Trinajstić information content (AvgIpc) is 2.81. The van der Waals surface area contributed by atoms with Gasteiger partial charge < -0.3 is 19.3 Å². The van der Waals surface area contributed by atoms with Crippen LogP contribution in [0, 0.1) is 5.41 Å². The van der Waals surface area contributed by atoms with E-state index in [-0.39, 0.29) is 18.4 Å². The summed E-state index contributed by atoms with van der Waals surface area (Å²) < 4.78 is 10.3. The summed E-state index contributed by atoms with van der Waals surface area (Å²) in [5.74, 6) is 0.236. The minimum absolute atomic E-state index is 0.00484. The van der Waals surface area contributed by atoms with E-state index in [0.29, 0.717) is 52.2 Å². The van der Waals surface area contributed by atoms with Gasteiger partial charge in [0.15, 0.2) is 0 Å². The van der Waals surface area contributed by atoms with Crippen molar-refractivity contribution in [2.24, 2.45) is 5.41 Å². The van der Waals surface area contributed by atoms with E-state index in [1.807, 2.05) is 22.8 Å². The summed E-state index contributed by atoms with van der Waals surface area (Å²) in [6.07, 6.45) is 2.19. The molecule has 0 radical (unpaired) electrons. The summed E-state index contributed by atoms with van der Waals surface area (Å²) in [5, 5.41) is 0. The predicted octanol–water partition coefficient (Wildman–Crippen LogP) is 1.86. The molecule has 2 aliphatic heterocycles. The molecule has 2 aliphatic rings. The molecule has 0 aliphatic carbocycles. The molecule has 6 heteroatoms. The van der Waals surface area contributed by atoms with Crippen LogP contribution in [-0.4, -0.2) is 68.2 Å². The Hall–Kier alpha value is -1.92. The van der Waals surface area contributed by atoms with Crippen LogP contribution in [0.5, 0.6) is 0 Å². The van der Waals surface area contributed by atoms with E-state index in [9.17, 15) is 9.59 Å². The van der Waals surface area contributed by atoms with Gasteiger partial charge in [0.05, 0.1) is 18.6 Å². The number of benzene rings is 1. The summed E-state index contributed by atoms with van der Waals surface area (Å²) in [6, 6.07) is 8.36. The maximum atomic E-state index is 13.3. The van der Waals surface area contributed by atoms with Crippen LogP contribution in [0.15, 0.2) is 24.3 Å². The number of likely N-dealkylation sites (tertiary alicyclic amines) is 1. The number of amides is 2. The van der Waals surface area contributed by atoms with E-state index in [1.54, 1.807) is 7.11 Å². The van der Waals surface area contributed by atoms with Crippen molar-refractivity contribution in [3.63, 3.8) is 0 Å². The highest BCUT2D eigenvalue weighted by molar-refractivity contribution is 5.85. The molecule has 0 aromatic heterocycles. The van der Waals surface area contributed by atoms with Crippen LogP contribution in [0.1, 0.15) is 30.9 Å². The van der Waals surface area contributed by atoms with Gasteiger partial charge in [-0.3, -0.25) is 9.59 Å². The lowest BCUT2D eigenvalue weighted by Gasteiger charge is -2.42. The third-order valence-corrected chi connectivity index (χ3v) is 5.86. The summed E-state index contributed by atoms with van der Waals surface area (Å²) in [5.41, 5.74) is 2.12. The number of carbonyl (C=O) groups is 2. The molecule has 6 nitrogen and oxygen atoms in total. The fourth-order valence-electron chi connectivity index (χ4n) is 4.16. The summed E-state index contributed by atoms with van der Waals surface area (Å²) in [7, 11) is 1.61. The Bertz CT molecular complexity index is 668. The highest BCUT2D eigenvalue weighted by Gasteiger charge is 2.45. The van der Waals surface area contributed by atoms with Crippen LogP contribution in [0.25, 0.3) is 0 Å². The molecule has 0 atom stereocenters. The van der Waals surface area contributed by atoms with Gasteiger partial charge in [-0.15, -0.1) is 0 Å². The van der Waals surface area contributed by atoms with Gasteiger partial charge in [0.25, 0.3) is 0 Å². The average molecular weight is 374 g/mol. The van der Waals surface area contributed by atoms with Crippen molar-refractivity contribution < 1.29 is 19.1 Å². The lowest BCUT2D eigenvalue weighted by atomic mass is 9.73. The first-order valence-corrected chi connectivity index (χ1v) is 9.80. The van der Waals surface area contributed by atoms with Crippen molar-refractivity contribution in [1.29, 1.82) is 0 Å². The topological polar surface area (TPSA) is 59.1 Å². The van der Waals surface area contributed by atoms with Crippen molar-refractivity contribution in [3.05, 3.63) is 35.4 Å². The van der Waals surface area contributed by atoms with Gasteiger partial charge >= 0.3 is 0 Å². The smallest absolute Gasteiger partial charge is 0.248 e. The summed E-state index contributed by atoms with van der Waals surface area (Å²) in [4.78, 5) is 29.5. The SMILES string of the molecule is CCN1Cc2ccccc2CC2(CCN(C(=O)COCCOC)CC2)C1=O. The number of hydrogen-bond acceptors (Lipinski definition) is 4. The van der Waals surface area contributed by atoms with E-state index in [2.05, 4.69) is 18.2 Å². The molecule has 1 aromatic carbocycles. The zero-order chi connectivity index (χ0) is 19.3. The lowest BCUT2D eigenvalue weighted by Crippen LogP contribution is -2.51. The molecule has 2 heterocycles. The van der Waals surface area contributed by atoms with Crippen molar-refractivity contribution >= 4 is 11.8 Å². The zero-order valence-corrected chi connectivity index (χ0v) is 16.4. The Morgan fingerprint density at radius 3 is 2.52 bits per heavy atom. The van der Waals surface area contributed by atoms with E-state index in [1.165, 1.54) is 11.1 Å². The van der Waals surface area contributed by atoms with Crippen LogP contribution < -0.4 is 0 Å². The van der Waals surface area contributed by atoms with Gasteiger partial charge in [-0.1, -0.05) is 24.3 Å². The van der Waals surface area contributed by atoms with Gasteiger partial charge in [0, 0.05) is 33.3 Å². The molecule has 1 spiro atoms. The standard InChI is InChI=1S/C21H30N2O4/c1-3-22-15-18-7-5-4-6-17(18)14-21(20(22)25)8-10-23(11-9-21)19(24)16-27-13-12-26-2/h4-7H,3,8-16H2,1-2H3. The van der Waals surface area contributed by atoms with Crippen LogP contribution in [0.2, 0.25) is 0 Å². The van der Waals surface area contributed by atoms with Crippen molar-refractivity contribution in [2.45, 2.75) is 32.7 Å². The highest BCUT2D eigenvalue weighted by atomic mass is 16.5. The fourth-order valence-corrected chi connectivity index (χ4v) is 4.16. The molecule has 27 heavy (non-hydrogen) atoms. The number of ether oxygens (including phenoxy) is 2. The predicted molar refractivity (Wildman–Crippen MR) is 102 cm³/mol. The first kappa shape index (κ1) is 19.8. The largest absolute Gasteiger partial charge is 0.382 e. The molecule has 1 aromatic rings. The maximum Gasteiger partial charge on any atom is 0.248 e. The van der Waals surface area contributed by atoms with E-state index >= 15 is 0 Å². The Morgan fingerprint density at radius 2 is 1.85 bits per heavy atom. The number of fused-ring (bicyclic) bond motifs is 1. The van der Waals surface area contributed by atoms with Crippen LogP contribution in [-0.2, 0) is 32.0 Å². The molecule has 1 fully saturated rings. The minimum atomic E-state index is -0.393. The second-order valence-corrected chi connectivity index (χ2v) is 7.47. The van der Waals surface area contributed by atoms with Crippen molar-refractivity contribution in [3.8, 4) is 0 Å². The molecule has 1 saturated heterocycles. The molecule has 0 bridgehead atoms. The van der Waals surface area contributed by atoms with Crippen molar-refractivity contribution in [2.75, 3.05) is 46.6 Å². The Labute approximate surface area is 161 Å². The molecule has 0 saturated carbocycles. The Balaban J connectivity index is 1.68. The van der Waals surface area contributed by atoms with Gasteiger partial charge in [0.2, 0.25) is 11.8 Å². The summed E-state index contributed by atoms with van der Waals surface area (Å²) >= 11 is 0. The van der Waals surface area contributed by atoms with E-state index in [4.69, 9.17) is 9.47 Å². The first-order chi connectivity index (χ1) is 13.1. The second kappa shape index (κ2) is 8.85. The zero-order valence-electron chi connectivity index (χ0n) is 16.4. The van der Waals surface area contributed by atoms with Gasteiger partial charge in [-0.05, 0) is 37.3 Å². The van der Waals surface area contributed by atoms with E-state index < -0.39 is 5.41 Å². The fraction of sp³-hybridized carbons (Fsp3) is 0.619. The first-order valence-electron chi connectivity index (χ1n) is 9.80. The number of nitrogens with zero attached hydrogens (tertiary/aromatic N) is 2. The van der Waals surface area contributed by atoms with E-state index in [0.717, 1.165) is 6.42 Å². The highest BCUT2D eigenvalue weighted by Crippen LogP contribution is 2.40. The molecule has 3 rings (SSSR count). The monoisotopic (exact) mass is 374 g/mol. The number of hydrogen-bond donors (Lipinski definition) is 0. The number of rotatable bonds is 6. The van der Waals surface area contributed by atoms with Gasteiger partial charge in [0.1, 0.15) is 6.61 Å². The number of methoxy groups -OCH3 is 1. The molecule has 0 N–H and O–H groups in total. The Kier molecular flexibility index (Phi) is 6.50. The minimum Gasteiger partial charge on any atom is -0.382 e. The third-order valence-electron chi connectivity index (χ3n) is 5.86. The van der Waals surface area contributed by atoms with Crippen LogP contribution in [0.3, 0.4) is 0 Å². The quantitative estimate of drug-likeness (QED) is 0.713. The molecular formula is C21H30N2O4. The van der Waals surface area contributed by atoms with Crippen molar-refractivity contribution in [1.82, 2.24) is 9.80 Å². The second-order valence-electron chi connectivity index (χ2n) is 7.47. The van der Waals surface area contributed by atoms with Gasteiger partial charge in [-0.25, -0.2) is 0 Å². The summed E-state index contributed by atoms with van der Waals surface area (Å²) in [6.45, 7) is 5.63. The molecular weight excluding hydrogens is 344 g/mol. The third kappa shape index (κ3) is 4.33. The lowest BCUT2D eigenvalue weighted by molar-refractivity contribution is -0.149. The van der Waals surface area contributed by atoms with Crippen LogP contribution >= 0.6 is 0 Å². The maximum absolute atomic E-state index is 13.3. The van der Waals surface area contributed by atoms with Gasteiger partial charge in [-0.2, -0.15) is 0 Å². The molecule has 148 valence electrons. The Morgan fingerprint density at radius 1 is 1.15 bits per heavy atom. The molecule has 0 unspecified atom stereocenters.